The molecular formula is C30H44FN3O4. The van der Waals surface area contributed by atoms with Gasteiger partial charge in [-0.3, -0.25) is 14.5 Å². The molecule has 7 nitrogen and oxygen atoms in total. The summed E-state index contributed by atoms with van der Waals surface area (Å²) in [6.45, 7) is 11.8. The van der Waals surface area contributed by atoms with Crippen molar-refractivity contribution in [2.75, 3.05) is 13.1 Å². The molecule has 1 aromatic rings. The molecule has 210 valence electrons. The minimum absolute atomic E-state index is 0.0202. The van der Waals surface area contributed by atoms with Gasteiger partial charge in [0.05, 0.1) is 6.04 Å². The number of amides is 2. The third-order valence-electron chi connectivity index (χ3n) is 8.64. The summed E-state index contributed by atoms with van der Waals surface area (Å²) in [6, 6.07) is 5.16. The van der Waals surface area contributed by atoms with Gasteiger partial charge in [-0.2, -0.15) is 0 Å². The lowest BCUT2D eigenvalue weighted by Crippen LogP contribution is -2.51. The van der Waals surface area contributed by atoms with E-state index in [4.69, 9.17) is 10.5 Å². The van der Waals surface area contributed by atoms with Crippen LogP contribution in [0.3, 0.4) is 0 Å². The summed E-state index contributed by atoms with van der Waals surface area (Å²) >= 11 is 0. The number of Topliss-reactive ketones (excluding diaryl/α,β-unsaturated/α-hetero) is 1. The lowest BCUT2D eigenvalue weighted by molar-refractivity contribution is -0.131. The molecular weight excluding hydrogens is 485 g/mol. The summed E-state index contributed by atoms with van der Waals surface area (Å²) in [5, 5.41) is 0. The molecule has 2 N–H and O–H groups in total. The summed E-state index contributed by atoms with van der Waals surface area (Å²) in [7, 11) is 0. The number of nitrogens with two attached hydrogens (primary N) is 1. The molecule has 2 aliphatic heterocycles. The van der Waals surface area contributed by atoms with E-state index in [2.05, 4.69) is 18.7 Å². The largest absolute Gasteiger partial charge is 0.444 e. The molecule has 3 aliphatic rings. The van der Waals surface area contributed by atoms with E-state index in [0.717, 1.165) is 50.8 Å². The Morgan fingerprint density at radius 3 is 2.37 bits per heavy atom. The van der Waals surface area contributed by atoms with Crippen molar-refractivity contribution in [1.82, 2.24) is 9.80 Å². The molecule has 2 saturated heterocycles. The highest BCUT2D eigenvalue weighted by molar-refractivity contribution is 5.92. The number of nitrogens with zero attached hydrogens (tertiary/aromatic N) is 2. The number of fused-ring (bicyclic) bond motifs is 2. The minimum atomic E-state index is -0.836. The van der Waals surface area contributed by atoms with E-state index in [1.807, 2.05) is 6.07 Å². The monoisotopic (exact) mass is 529 g/mol. The van der Waals surface area contributed by atoms with E-state index in [1.54, 1.807) is 37.8 Å². The fraction of sp³-hybridized carbons (Fsp3) is 0.700. The average molecular weight is 530 g/mol. The number of primary amides is 1. The fourth-order valence-electron chi connectivity index (χ4n) is 6.62. The van der Waals surface area contributed by atoms with E-state index >= 15 is 4.39 Å². The van der Waals surface area contributed by atoms with E-state index in [1.165, 1.54) is 0 Å². The normalized spacial score (nSPS) is 25.1. The highest BCUT2D eigenvalue weighted by atomic mass is 19.1. The van der Waals surface area contributed by atoms with Crippen LogP contribution in [0.15, 0.2) is 18.2 Å². The Morgan fingerprint density at radius 1 is 1.11 bits per heavy atom. The van der Waals surface area contributed by atoms with Gasteiger partial charge >= 0.3 is 6.09 Å². The second kappa shape index (κ2) is 11.3. The lowest BCUT2D eigenvalue weighted by atomic mass is 9.85. The van der Waals surface area contributed by atoms with E-state index in [-0.39, 0.29) is 36.4 Å². The molecule has 3 fully saturated rings. The highest BCUT2D eigenvalue weighted by Crippen LogP contribution is 2.44. The highest BCUT2D eigenvalue weighted by Gasteiger charge is 2.52. The summed E-state index contributed by atoms with van der Waals surface area (Å²) in [5.41, 5.74) is 6.40. The van der Waals surface area contributed by atoms with Gasteiger partial charge in [0, 0.05) is 24.4 Å². The molecule has 1 saturated carbocycles. The first-order chi connectivity index (χ1) is 17.8. The van der Waals surface area contributed by atoms with E-state index in [0.29, 0.717) is 17.5 Å². The predicted molar refractivity (Wildman–Crippen MR) is 144 cm³/mol. The Bertz CT molecular complexity index is 1040. The van der Waals surface area contributed by atoms with Crippen LogP contribution in [-0.2, 0) is 20.7 Å². The number of carbonyl (C=O) groups is 3. The first kappa shape index (κ1) is 28.5. The molecule has 2 heterocycles. The van der Waals surface area contributed by atoms with Crippen molar-refractivity contribution in [1.29, 1.82) is 0 Å². The summed E-state index contributed by atoms with van der Waals surface area (Å²) in [4.78, 5) is 42.8. The maximum atomic E-state index is 15.2. The lowest BCUT2D eigenvalue weighted by Gasteiger charge is -2.36. The number of ether oxygens (including phenoxy) is 1. The molecule has 2 bridgehead atoms. The van der Waals surface area contributed by atoms with Gasteiger partial charge in [-0.15, -0.1) is 0 Å². The van der Waals surface area contributed by atoms with Crippen molar-refractivity contribution in [3.8, 4) is 0 Å². The van der Waals surface area contributed by atoms with Crippen molar-refractivity contribution in [2.45, 2.75) is 109 Å². The second-order valence-corrected chi connectivity index (χ2v) is 12.8. The van der Waals surface area contributed by atoms with E-state index in [9.17, 15) is 14.4 Å². The number of benzene rings is 1. The van der Waals surface area contributed by atoms with Crippen molar-refractivity contribution < 1.29 is 23.5 Å². The Labute approximate surface area is 226 Å². The van der Waals surface area contributed by atoms with Gasteiger partial charge < -0.3 is 15.4 Å². The van der Waals surface area contributed by atoms with Crippen LogP contribution in [0.5, 0.6) is 0 Å². The van der Waals surface area contributed by atoms with Crippen LogP contribution < -0.4 is 5.73 Å². The number of likely N-dealkylation sites (tertiary alicyclic amines) is 2. The first-order valence-electron chi connectivity index (χ1n) is 14.2. The number of carbonyl (C=O) groups excluding carboxylic acids is 3. The SMILES string of the molecule is CC(C)N1CCC(c2ccc(C[C@H](CC(=O)[C@@H]3[C@H]4CC[C@H](C4)N3C(=O)OC(C)(C)C)C(N)=O)c(F)c2)CC1. The molecule has 0 spiro atoms. The minimum Gasteiger partial charge on any atom is -0.444 e. The fourth-order valence-corrected chi connectivity index (χ4v) is 6.62. The Hall–Kier alpha value is -2.48. The van der Waals surface area contributed by atoms with Crippen LogP contribution in [0, 0.1) is 17.7 Å². The van der Waals surface area contributed by atoms with Gasteiger partial charge in [0.25, 0.3) is 0 Å². The molecule has 8 heteroatoms. The zero-order valence-corrected chi connectivity index (χ0v) is 23.5. The third-order valence-corrected chi connectivity index (χ3v) is 8.64. The smallest absolute Gasteiger partial charge is 0.411 e. The van der Waals surface area contributed by atoms with Crippen molar-refractivity contribution >= 4 is 17.8 Å². The summed E-state index contributed by atoms with van der Waals surface area (Å²) in [5.74, 6) is -1.64. The van der Waals surface area contributed by atoms with Crippen LogP contribution >= 0.6 is 0 Å². The number of rotatable bonds is 8. The van der Waals surface area contributed by atoms with Gasteiger partial charge in [-0.05, 0) is 115 Å². The Balaban J connectivity index is 1.42. The molecule has 38 heavy (non-hydrogen) atoms. The van der Waals surface area contributed by atoms with Crippen molar-refractivity contribution in [2.24, 2.45) is 17.6 Å². The topological polar surface area (TPSA) is 92.9 Å². The Kier molecular flexibility index (Phi) is 8.50. The third kappa shape index (κ3) is 6.38. The van der Waals surface area contributed by atoms with Crippen molar-refractivity contribution in [3.05, 3.63) is 35.1 Å². The van der Waals surface area contributed by atoms with Crippen LogP contribution in [-0.4, -0.2) is 64.4 Å². The molecule has 2 amide bonds. The van der Waals surface area contributed by atoms with Crippen LogP contribution in [0.4, 0.5) is 9.18 Å². The van der Waals surface area contributed by atoms with E-state index < -0.39 is 29.6 Å². The molecule has 0 aromatic heterocycles. The van der Waals surface area contributed by atoms with Gasteiger partial charge in [0.15, 0.2) is 5.78 Å². The predicted octanol–water partition coefficient (Wildman–Crippen LogP) is 4.80. The molecule has 1 aliphatic carbocycles. The van der Waals surface area contributed by atoms with Crippen LogP contribution in [0.25, 0.3) is 0 Å². The zero-order valence-electron chi connectivity index (χ0n) is 23.5. The number of ketones is 1. The molecule has 0 unspecified atom stereocenters. The maximum absolute atomic E-state index is 15.2. The quantitative estimate of drug-likeness (QED) is 0.522. The standard InChI is InChI=1S/C30H44FN3O4/c1-18(2)33-12-10-19(11-13-33)20-6-7-21(25(31)16-20)14-23(28(32)36)17-26(35)27-22-8-9-24(15-22)34(27)29(37)38-30(3,4)5/h6-7,16,18-19,22-24,27H,8-15,17H2,1-5H3,(H2,32,36)/t22-,23+,24+,27-/m0/s1. The van der Waals surface area contributed by atoms with Crippen LogP contribution in [0.1, 0.15) is 90.2 Å². The molecule has 4 rings (SSSR count). The zero-order chi connectivity index (χ0) is 27.8. The number of piperidine rings is 2. The van der Waals surface area contributed by atoms with Gasteiger partial charge in [0.2, 0.25) is 5.91 Å². The maximum Gasteiger partial charge on any atom is 0.411 e. The summed E-state index contributed by atoms with van der Waals surface area (Å²) in [6.07, 6.45) is 3.93. The Morgan fingerprint density at radius 2 is 1.79 bits per heavy atom. The number of hydrogen-bond donors (Lipinski definition) is 1. The summed E-state index contributed by atoms with van der Waals surface area (Å²) < 4.78 is 20.8. The first-order valence-corrected chi connectivity index (χ1v) is 14.2. The van der Waals surface area contributed by atoms with Crippen LogP contribution in [0.2, 0.25) is 0 Å². The average Bonchev–Trinajstić information content (AvgIpc) is 3.45. The molecule has 4 atom stereocenters. The molecule has 0 radical (unpaired) electrons. The number of hydrogen-bond acceptors (Lipinski definition) is 5. The van der Waals surface area contributed by atoms with Crippen molar-refractivity contribution in [3.63, 3.8) is 0 Å². The van der Waals surface area contributed by atoms with Gasteiger partial charge in [-0.1, -0.05) is 12.1 Å². The van der Waals surface area contributed by atoms with Gasteiger partial charge in [-0.25, -0.2) is 9.18 Å². The number of halogens is 1. The second-order valence-electron chi connectivity index (χ2n) is 12.8. The molecule has 1 aromatic carbocycles. The van der Waals surface area contributed by atoms with Gasteiger partial charge in [0.1, 0.15) is 11.4 Å².